The summed E-state index contributed by atoms with van der Waals surface area (Å²) >= 11 is 0. The van der Waals surface area contributed by atoms with Gasteiger partial charge in [0.1, 0.15) is 0 Å². The van der Waals surface area contributed by atoms with Gasteiger partial charge in [-0.05, 0) is 46.1 Å². The second-order valence-electron chi connectivity index (χ2n) is 5.29. The van der Waals surface area contributed by atoms with Crippen molar-refractivity contribution in [3.05, 3.63) is 0 Å². The fraction of sp³-hybridized carbons (Fsp3) is 0.929. The van der Waals surface area contributed by atoms with Crippen LogP contribution in [0.3, 0.4) is 0 Å². The van der Waals surface area contributed by atoms with Crippen LogP contribution in [0.4, 0.5) is 0 Å². The number of hydrogen-bond donors (Lipinski definition) is 1. The SMILES string of the molecule is CCCNC(C#N)CCN1C(C)CCCC1C. The van der Waals surface area contributed by atoms with Crippen molar-refractivity contribution in [2.45, 2.75) is 71.0 Å². The molecule has 0 spiro atoms. The van der Waals surface area contributed by atoms with Crippen molar-refractivity contribution in [2.24, 2.45) is 0 Å². The Labute approximate surface area is 106 Å². The van der Waals surface area contributed by atoms with Gasteiger partial charge < -0.3 is 5.32 Å². The Bertz CT molecular complexity index is 236. The van der Waals surface area contributed by atoms with E-state index in [2.05, 4.69) is 37.1 Å². The maximum Gasteiger partial charge on any atom is 0.0965 e. The molecule has 0 amide bonds. The summed E-state index contributed by atoms with van der Waals surface area (Å²) in [4.78, 5) is 2.57. The topological polar surface area (TPSA) is 39.1 Å². The molecule has 1 rings (SSSR count). The molecule has 0 aliphatic carbocycles. The first-order valence-corrected chi connectivity index (χ1v) is 7.07. The van der Waals surface area contributed by atoms with Crippen LogP contribution in [0.2, 0.25) is 0 Å². The fourth-order valence-electron chi connectivity index (χ4n) is 2.72. The van der Waals surface area contributed by atoms with Crippen molar-refractivity contribution in [3.63, 3.8) is 0 Å². The summed E-state index contributed by atoms with van der Waals surface area (Å²) in [5.74, 6) is 0. The lowest BCUT2D eigenvalue weighted by atomic mass is 9.97. The summed E-state index contributed by atoms with van der Waals surface area (Å²) in [6, 6.07) is 3.76. The number of nitriles is 1. The van der Waals surface area contributed by atoms with Gasteiger partial charge in [-0.15, -0.1) is 0 Å². The quantitative estimate of drug-likeness (QED) is 0.771. The van der Waals surface area contributed by atoms with Gasteiger partial charge in [0.05, 0.1) is 12.1 Å². The molecule has 1 heterocycles. The zero-order valence-electron chi connectivity index (χ0n) is 11.6. The normalized spacial score (nSPS) is 27.6. The molecular formula is C14H27N3. The molecule has 0 aromatic heterocycles. The molecule has 1 aliphatic rings. The van der Waals surface area contributed by atoms with Crippen molar-refractivity contribution >= 4 is 0 Å². The Morgan fingerprint density at radius 3 is 2.53 bits per heavy atom. The average molecular weight is 237 g/mol. The highest BCUT2D eigenvalue weighted by Crippen LogP contribution is 2.22. The van der Waals surface area contributed by atoms with Gasteiger partial charge >= 0.3 is 0 Å². The fourth-order valence-corrected chi connectivity index (χ4v) is 2.72. The summed E-state index contributed by atoms with van der Waals surface area (Å²) in [5, 5.41) is 12.4. The Balaban J connectivity index is 2.34. The second-order valence-corrected chi connectivity index (χ2v) is 5.29. The van der Waals surface area contributed by atoms with E-state index in [9.17, 15) is 0 Å². The second kappa shape index (κ2) is 7.68. The van der Waals surface area contributed by atoms with Gasteiger partial charge in [0.15, 0.2) is 0 Å². The highest BCUT2D eigenvalue weighted by Gasteiger charge is 2.24. The summed E-state index contributed by atoms with van der Waals surface area (Å²) in [5.41, 5.74) is 0. The molecule has 3 nitrogen and oxygen atoms in total. The molecule has 3 unspecified atom stereocenters. The first kappa shape index (κ1) is 14.5. The van der Waals surface area contributed by atoms with Gasteiger partial charge in [0.25, 0.3) is 0 Å². The molecule has 1 saturated heterocycles. The van der Waals surface area contributed by atoms with Crippen LogP contribution in [0.15, 0.2) is 0 Å². The van der Waals surface area contributed by atoms with Crippen LogP contribution in [-0.2, 0) is 0 Å². The van der Waals surface area contributed by atoms with Gasteiger partial charge in [-0.1, -0.05) is 13.3 Å². The van der Waals surface area contributed by atoms with Gasteiger partial charge in [0, 0.05) is 18.6 Å². The van der Waals surface area contributed by atoms with Crippen molar-refractivity contribution in [1.29, 1.82) is 5.26 Å². The largest absolute Gasteiger partial charge is 0.302 e. The van der Waals surface area contributed by atoms with Crippen LogP contribution in [-0.4, -0.2) is 36.1 Å². The molecule has 17 heavy (non-hydrogen) atoms. The van der Waals surface area contributed by atoms with Crippen LogP contribution in [0.25, 0.3) is 0 Å². The standard InChI is InChI=1S/C14H27N3/c1-4-9-16-14(11-15)8-10-17-12(2)6-5-7-13(17)3/h12-14,16H,4-10H2,1-3H3. The molecular weight excluding hydrogens is 210 g/mol. The molecule has 1 fully saturated rings. The molecule has 1 N–H and O–H groups in total. The van der Waals surface area contributed by atoms with E-state index < -0.39 is 0 Å². The summed E-state index contributed by atoms with van der Waals surface area (Å²) in [6.45, 7) is 8.77. The van der Waals surface area contributed by atoms with E-state index in [4.69, 9.17) is 5.26 Å². The van der Waals surface area contributed by atoms with Crippen molar-refractivity contribution in [2.75, 3.05) is 13.1 Å². The van der Waals surface area contributed by atoms with Crippen molar-refractivity contribution in [1.82, 2.24) is 10.2 Å². The van der Waals surface area contributed by atoms with E-state index in [0.717, 1.165) is 25.9 Å². The average Bonchev–Trinajstić information content (AvgIpc) is 2.32. The van der Waals surface area contributed by atoms with Crippen LogP contribution < -0.4 is 5.32 Å². The molecule has 3 heteroatoms. The minimum absolute atomic E-state index is 0.0243. The first-order chi connectivity index (χ1) is 8.19. The Kier molecular flexibility index (Phi) is 6.54. The Morgan fingerprint density at radius 2 is 2.00 bits per heavy atom. The van der Waals surface area contributed by atoms with Gasteiger partial charge in [-0.2, -0.15) is 5.26 Å². The van der Waals surface area contributed by atoms with E-state index in [1.54, 1.807) is 0 Å². The minimum atomic E-state index is 0.0243. The van der Waals surface area contributed by atoms with E-state index >= 15 is 0 Å². The number of nitrogens with one attached hydrogen (secondary N) is 1. The van der Waals surface area contributed by atoms with Crippen LogP contribution in [0.1, 0.15) is 52.9 Å². The van der Waals surface area contributed by atoms with Crippen molar-refractivity contribution < 1.29 is 0 Å². The lowest BCUT2D eigenvalue weighted by molar-refractivity contribution is 0.100. The summed E-state index contributed by atoms with van der Waals surface area (Å²) in [7, 11) is 0. The zero-order valence-corrected chi connectivity index (χ0v) is 11.6. The van der Waals surface area contributed by atoms with E-state index in [0.29, 0.717) is 12.1 Å². The van der Waals surface area contributed by atoms with Gasteiger partial charge in [0.2, 0.25) is 0 Å². The first-order valence-electron chi connectivity index (χ1n) is 7.07. The van der Waals surface area contributed by atoms with Crippen LogP contribution in [0, 0.1) is 11.3 Å². The molecule has 0 aromatic rings. The van der Waals surface area contributed by atoms with E-state index in [1.165, 1.54) is 19.3 Å². The predicted molar refractivity (Wildman–Crippen MR) is 71.8 cm³/mol. The molecule has 98 valence electrons. The molecule has 0 radical (unpaired) electrons. The molecule has 0 saturated carbocycles. The van der Waals surface area contributed by atoms with Crippen molar-refractivity contribution in [3.8, 4) is 6.07 Å². The van der Waals surface area contributed by atoms with E-state index in [1.807, 2.05) is 0 Å². The van der Waals surface area contributed by atoms with E-state index in [-0.39, 0.29) is 6.04 Å². The third-order valence-corrected chi connectivity index (χ3v) is 3.85. The summed E-state index contributed by atoms with van der Waals surface area (Å²) in [6.07, 6.45) is 6.02. The Morgan fingerprint density at radius 1 is 1.35 bits per heavy atom. The van der Waals surface area contributed by atoms with Gasteiger partial charge in [-0.25, -0.2) is 0 Å². The van der Waals surface area contributed by atoms with Crippen LogP contribution >= 0.6 is 0 Å². The number of rotatable bonds is 6. The summed E-state index contributed by atoms with van der Waals surface area (Å²) < 4.78 is 0. The highest BCUT2D eigenvalue weighted by molar-refractivity contribution is 4.91. The predicted octanol–water partition coefficient (Wildman–Crippen LogP) is 2.53. The lowest BCUT2D eigenvalue weighted by Gasteiger charge is -2.39. The molecule has 3 atom stereocenters. The maximum atomic E-state index is 9.08. The molecule has 1 aliphatic heterocycles. The lowest BCUT2D eigenvalue weighted by Crippen LogP contribution is -2.45. The number of likely N-dealkylation sites (tertiary alicyclic amines) is 1. The van der Waals surface area contributed by atoms with Gasteiger partial charge in [-0.3, -0.25) is 4.90 Å². The minimum Gasteiger partial charge on any atom is -0.302 e. The number of hydrogen-bond acceptors (Lipinski definition) is 3. The zero-order chi connectivity index (χ0) is 12.7. The monoisotopic (exact) mass is 237 g/mol. The number of piperidine rings is 1. The smallest absolute Gasteiger partial charge is 0.0965 e. The Hall–Kier alpha value is -0.590. The third-order valence-electron chi connectivity index (χ3n) is 3.85. The number of nitrogens with zero attached hydrogens (tertiary/aromatic N) is 2. The maximum absolute atomic E-state index is 9.08. The van der Waals surface area contributed by atoms with Crippen LogP contribution in [0.5, 0.6) is 0 Å². The molecule has 0 aromatic carbocycles. The molecule has 0 bridgehead atoms. The highest BCUT2D eigenvalue weighted by atomic mass is 15.2. The third kappa shape index (κ3) is 4.65.